The summed E-state index contributed by atoms with van der Waals surface area (Å²) in [5.74, 6) is 0.0299. The molecule has 0 fully saturated rings. The number of benzene rings is 3. The van der Waals surface area contributed by atoms with Gasteiger partial charge in [-0.15, -0.1) is 0 Å². The van der Waals surface area contributed by atoms with Gasteiger partial charge in [-0.3, -0.25) is 14.2 Å². The summed E-state index contributed by atoms with van der Waals surface area (Å²) < 4.78 is 18.5. The lowest BCUT2D eigenvalue weighted by atomic mass is 9.91. The average Bonchev–Trinajstić information content (AvgIpc) is 3.32. The third-order valence-corrected chi connectivity index (χ3v) is 8.09. The van der Waals surface area contributed by atoms with Crippen LogP contribution in [0.3, 0.4) is 0 Å². The third-order valence-electron chi connectivity index (χ3n) is 7.11. The van der Waals surface area contributed by atoms with Gasteiger partial charge in [-0.25, -0.2) is 9.79 Å². The topological polar surface area (TPSA) is 96.2 Å². The van der Waals surface area contributed by atoms with Crippen LogP contribution in [0.1, 0.15) is 68.8 Å². The molecule has 0 spiro atoms. The lowest BCUT2D eigenvalue weighted by Crippen LogP contribution is -2.40. The summed E-state index contributed by atoms with van der Waals surface area (Å²) in [5.41, 5.74) is 3.84. The van der Waals surface area contributed by atoms with Gasteiger partial charge in [-0.1, -0.05) is 85.8 Å². The summed E-state index contributed by atoms with van der Waals surface area (Å²) in [5, 5.41) is 0. The minimum atomic E-state index is -0.755. The number of hydrogen-bond acceptors (Lipinski definition) is 8. The van der Waals surface area contributed by atoms with Crippen LogP contribution in [0.2, 0.25) is 0 Å². The fourth-order valence-electron chi connectivity index (χ4n) is 5.09. The van der Waals surface area contributed by atoms with E-state index in [9.17, 15) is 14.4 Å². The van der Waals surface area contributed by atoms with E-state index in [-0.39, 0.29) is 12.2 Å². The monoisotopic (exact) mass is 610 g/mol. The van der Waals surface area contributed by atoms with Gasteiger partial charge in [0, 0.05) is 12.5 Å². The molecule has 8 nitrogen and oxygen atoms in total. The maximum atomic E-state index is 14.2. The summed E-state index contributed by atoms with van der Waals surface area (Å²) in [4.78, 5) is 44.8. The minimum Gasteiger partial charge on any atom is -0.490 e. The number of nitrogens with zero attached hydrogens (tertiary/aromatic N) is 2. The van der Waals surface area contributed by atoms with Crippen LogP contribution < -0.4 is 24.4 Å². The summed E-state index contributed by atoms with van der Waals surface area (Å²) in [6.07, 6.45) is 1.75. The minimum absolute atomic E-state index is 0.180. The average molecular weight is 611 g/mol. The molecule has 0 aliphatic carbocycles. The zero-order valence-corrected chi connectivity index (χ0v) is 26.1. The molecule has 3 aromatic carbocycles. The number of carbonyl (C=O) groups is 2. The van der Waals surface area contributed by atoms with Gasteiger partial charge in [0.05, 0.1) is 35.1 Å². The lowest BCUT2D eigenvalue weighted by Gasteiger charge is -2.26. The molecule has 44 heavy (non-hydrogen) atoms. The van der Waals surface area contributed by atoms with Crippen molar-refractivity contribution in [2.45, 2.75) is 46.6 Å². The molecule has 0 radical (unpaired) electrons. The molecule has 1 aliphatic heterocycles. The highest BCUT2D eigenvalue weighted by Gasteiger charge is 2.35. The first-order chi connectivity index (χ1) is 21.2. The van der Waals surface area contributed by atoms with Crippen molar-refractivity contribution in [1.82, 2.24) is 4.57 Å². The van der Waals surface area contributed by atoms with Crippen molar-refractivity contribution in [1.29, 1.82) is 0 Å². The van der Waals surface area contributed by atoms with Gasteiger partial charge in [0.1, 0.15) is 0 Å². The van der Waals surface area contributed by atoms with Gasteiger partial charge in [0.2, 0.25) is 0 Å². The van der Waals surface area contributed by atoms with E-state index in [1.54, 1.807) is 35.8 Å². The van der Waals surface area contributed by atoms with Gasteiger partial charge in [0.15, 0.2) is 16.3 Å². The standard InChI is InChI=1S/C35H34N2O6S/c1-6-41-28-19-23(13-18-27(28)43-22(5)38)20-29-33(39)37-32(26-16-14-24(15-17-26)21(3)4)30(34(40)42-7-2)31(36-35(37)44-29)25-11-9-8-10-12-25/h8-21,32H,6-7H2,1-5H3/b29-20-/t32-/m0/s1. The van der Waals surface area contributed by atoms with Crippen LogP contribution in [0.5, 0.6) is 11.5 Å². The molecular formula is C35H34N2O6S. The van der Waals surface area contributed by atoms with Gasteiger partial charge < -0.3 is 14.2 Å². The Morgan fingerprint density at radius 2 is 1.70 bits per heavy atom. The Hall–Kier alpha value is -4.76. The molecule has 4 aromatic rings. The molecule has 1 aromatic heterocycles. The molecule has 0 saturated carbocycles. The summed E-state index contributed by atoms with van der Waals surface area (Å²) in [6, 6.07) is 21.8. The maximum absolute atomic E-state index is 14.2. The Morgan fingerprint density at radius 3 is 2.34 bits per heavy atom. The highest BCUT2D eigenvalue weighted by atomic mass is 32.1. The van der Waals surface area contributed by atoms with E-state index in [1.165, 1.54) is 18.3 Å². The highest BCUT2D eigenvalue weighted by molar-refractivity contribution is 7.07. The number of carbonyl (C=O) groups excluding carboxylic acids is 2. The zero-order valence-electron chi connectivity index (χ0n) is 25.3. The van der Waals surface area contributed by atoms with E-state index in [0.29, 0.717) is 50.2 Å². The Labute approximate surface area is 259 Å². The number of hydrogen-bond donors (Lipinski definition) is 0. The summed E-state index contributed by atoms with van der Waals surface area (Å²) >= 11 is 1.24. The van der Waals surface area contributed by atoms with E-state index >= 15 is 0 Å². The smallest absolute Gasteiger partial charge is 0.338 e. The maximum Gasteiger partial charge on any atom is 0.338 e. The molecule has 2 heterocycles. The molecule has 0 saturated heterocycles. The second-order valence-corrected chi connectivity index (χ2v) is 11.5. The molecule has 0 unspecified atom stereocenters. The van der Waals surface area contributed by atoms with E-state index in [4.69, 9.17) is 19.2 Å². The van der Waals surface area contributed by atoms with Crippen LogP contribution >= 0.6 is 11.3 Å². The molecule has 9 heteroatoms. The Kier molecular flexibility index (Phi) is 9.25. The Balaban J connectivity index is 1.75. The molecule has 5 rings (SSSR count). The number of fused-ring (bicyclic) bond motifs is 1. The van der Waals surface area contributed by atoms with Crippen LogP contribution in [0, 0.1) is 0 Å². The largest absolute Gasteiger partial charge is 0.490 e. The number of aromatic nitrogens is 1. The van der Waals surface area contributed by atoms with Gasteiger partial charge >= 0.3 is 11.9 Å². The van der Waals surface area contributed by atoms with Crippen molar-refractivity contribution in [3.8, 4) is 11.5 Å². The second kappa shape index (κ2) is 13.3. The fourth-order valence-corrected chi connectivity index (χ4v) is 6.09. The number of esters is 2. The molecule has 1 atom stereocenters. The Bertz CT molecular complexity index is 1900. The van der Waals surface area contributed by atoms with Crippen LogP contribution in [0.25, 0.3) is 11.8 Å². The van der Waals surface area contributed by atoms with Gasteiger partial charge in [0.25, 0.3) is 5.56 Å². The third kappa shape index (κ3) is 6.28. The first kappa shape index (κ1) is 30.7. The predicted octanol–water partition coefficient (Wildman–Crippen LogP) is 5.38. The van der Waals surface area contributed by atoms with E-state index in [1.807, 2.05) is 61.5 Å². The first-order valence-electron chi connectivity index (χ1n) is 14.5. The van der Waals surface area contributed by atoms with E-state index < -0.39 is 18.0 Å². The summed E-state index contributed by atoms with van der Waals surface area (Å²) in [7, 11) is 0. The number of rotatable bonds is 9. The SMILES string of the molecule is CCOC(=O)C1=C(c2ccccc2)N=c2s/c(=C\c3ccc(OC(C)=O)c(OCC)c3)c(=O)n2[C@H]1c1ccc(C(C)C)cc1. The van der Waals surface area contributed by atoms with Gasteiger partial charge in [-0.2, -0.15) is 0 Å². The second-order valence-electron chi connectivity index (χ2n) is 10.5. The molecule has 226 valence electrons. The van der Waals surface area contributed by atoms with Crippen LogP contribution in [0.15, 0.2) is 88.2 Å². The first-order valence-corrected chi connectivity index (χ1v) is 15.4. The number of thiazole rings is 1. The van der Waals surface area contributed by atoms with E-state index in [2.05, 4.69) is 13.8 Å². The predicted molar refractivity (Wildman–Crippen MR) is 171 cm³/mol. The van der Waals surface area contributed by atoms with Crippen molar-refractivity contribution in [3.63, 3.8) is 0 Å². The normalized spacial score (nSPS) is 14.7. The molecular weight excluding hydrogens is 576 g/mol. The van der Waals surface area contributed by atoms with Crippen molar-refractivity contribution < 1.29 is 23.8 Å². The molecule has 0 bridgehead atoms. The van der Waals surface area contributed by atoms with Crippen LogP contribution in [-0.2, 0) is 14.3 Å². The van der Waals surface area contributed by atoms with Crippen molar-refractivity contribution in [2.24, 2.45) is 4.99 Å². The lowest BCUT2D eigenvalue weighted by molar-refractivity contribution is -0.139. The van der Waals surface area contributed by atoms with E-state index in [0.717, 1.165) is 16.7 Å². The van der Waals surface area contributed by atoms with Crippen LogP contribution in [0.4, 0.5) is 0 Å². The van der Waals surface area contributed by atoms with Crippen molar-refractivity contribution in [3.05, 3.63) is 120 Å². The molecule has 1 aliphatic rings. The van der Waals surface area contributed by atoms with Crippen molar-refractivity contribution in [2.75, 3.05) is 13.2 Å². The molecule has 0 N–H and O–H groups in total. The highest BCUT2D eigenvalue weighted by Crippen LogP contribution is 2.36. The summed E-state index contributed by atoms with van der Waals surface area (Å²) in [6.45, 7) is 9.70. The zero-order chi connectivity index (χ0) is 31.4. The quantitative estimate of drug-likeness (QED) is 0.187. The van der Waals surface area contributed by atoms with Crippen LogP contribution in [-0.4, -0.2) is 29.7 Å². The van der Waals surface area contributed by atoms with Crippen molar-refractivity contribution >= 4 is 35.0 Å². The Morgan fingerprint density at radius 1 is 0.977 bits per heavy atom. The molecule has 0 amide bonds. The van der Waals surface area contributed by atoms with Gasteiger partial charge in [-0.05, 0) is 54.7 Å². The number of ether oxygens (including phenoxy) is 3. The fraction of sp³-hybridized carbons (Fsp3) is 0.257.